The van der Waals surface area contributed by atoms with Crippen LogP contribution in [-0.2, 0) is 34.6 Å². The van der Waals surface area contributed by atoms with Crippen LogP contribution >= 0.6 is 0 Å². The third-order valence-corrected chi connectivity index (χ3v) is 11.9. The van der Waals surface area contributed by atoms with E-state index in [0.717, 1.165) is 0 Å². The molecule has 0 radical (unpaired) electrons. The van der Waals surface area contributed by atoms with Gasteiger partial charge in [0.15, 0.2) is 0 Å². The van der Waals surface area contributed by atoms with Gasteiger partial charge in [0, 0.05) is 0 Å². The summed E-state index contributed by atoms with van der Waals surface area (Å²) in [5.41, 5.74) is 5.95. The van der Waals surface area contributed by atoms with Gasteiger partial charge in [0.2, 0.25) is 0 Å². The van der Waals surface area contributed by atoms with E-state index in [2.05, 4.69) is 121 Å². The van der Waals surface area contributed by atoms with Crippen molar-refractivity contribution < 1.29 is 14.0 Å². The van der Waals surface area contributed by atoms with Gasteiger partial charge in [-0.15, -0.1) is 0 Å². The zero-order valence-corrected chi connectivity index (χ0v) is 18.2. The molecule has 0 atom stereocenters. The number of hydrogen-bond acceptors (Lipinski definition) is 0. The number of rotatable bonds is 8. The van der Waals surface area contributed by atoms with Crippen molar-refractivity contribution in [2.75, 3.05) is 0 Å². The average Bonchev–Trinajstić information content (AvgIpc) is 2.76. The SMILES string of the molecule is c1ccc([CH2][V]([CH2]c2ccccc2)([CH2]c2ccccc2)[CH2]c2ccccc2)cc1. The van der Waals surface area contributed by atoms with E-state index in [9.17, 15) is 0 Å². The Kier molecular flexibility index (Phi) is 6.67. The van der Waals surface area contributed by atoms with Crippen LogP contribution in [0.3, 0.4) is 0 Å². The molecule has 0 saturated carbocycles. The molecule has 4 aromatic carbocycles. The summed E-state index contributed by atoms with van der Waals surface area (Å²) in [7, 11) is 0. The van der Waals surface area contributed by atoms with Crippen molar-refractivity contribution in [2.45, 2.75) is 20.5 Å². The predicted octanol–water partition coefficient (Wildman–Crippen LogP) is 6.94. The molecule has 0 aliphatic heterocycles. The quantitative estimate of drug-likeness (QED) is 0.292. The molecule has 0 aromatic heterocycles. The first-order valence-corrected chi connectivity index (χ1v) is 14.3. The molecule has 0 fully saturated rings. The molecule has 0 saturated heterocycles. The van der Waals surface area contributed by atoms with E-state index < -0.39 is 14.0 Å². The van der Waals surface area contributed by atoms with Crippen molar-refractivity contribution >= 4 is 0 Å². The van der Waals surface area contributed by atoms with Crippen LogP contribution in [0.15, 0.2) is 121 Å². The molecule has 0 aliphatic carbocycles. The zero-order valence-electron chi connectivity index (χ0n) is 16.8. The summed E-state index contributed by atoms with van der Waals surface area (Å²) in [6.45, 7) is 0. The molecule has 0 amide bonds. The summed E-state index contributed by atoms with van der Waals surface area (Å²) >= 11 is -2.20. The Hall–Kier alpha value is -2.54. The Bertz CT molecular complexity index is 808. The Morgan fingerprint density at radius 1 is 0.310 bits per heavy atom. The van der Waals surface area contributed by atoms with Gasteiger partial charge in [0.25, 0.3) is 0 Å². The van der Waals surface area contributed by atoms with E-state index >= 15 is 0 Å². The van der Waals surface area contributed by atoms with Gasteiger partial charge in [0.1, 0.15) is 0 Å². The third kappa shape index (κ3) is 5.73. The molecule has 29 heavy (non-hydrogen) atoms. The number of benzene rings is 4. The Morgan fingerprint density at radius 2 is 0.517 bits per heavy atom. The minimum absolute atomic E-state index is 1.23. The molecule has 4 aromatic rings. The maximum atomic E-state index is 2.32. The van der Waals surface area contributed by atoms with E-state index in [1.54, 1.807) is 0 Å². The van der Waals surface area contributed by atoms with Crippen molar-refractivity contribution in [1.82, 2.24) is 0 Å². The van der Waals surface area contributed by atoms with Gasteiger partial charge in [-0.05, 0) is 0 Å². The fourth-order valence-corrected chi connectivity index (χ4v) is 11.4. The Labute approximate surface area is 177 Å². The van der Waals surface area contributed by atoms with Crippen LogP contribution in [0.2, 0.25) is 0 Å². The summed E-state index contributed by atoms with van der Waals surface area (Å²) in [5.74, 6) is 0. The maximum absolute atomic E-state index is 2.32. The molecular formula is C28H28V. The summed E-state index contributed by atoms with van der Waals surface area (Å²) in [4.78, 5) is 0. The van der Waals surface area contributed by atoms with Crippen LogP contribution in [0.1, 0.15) is 22.3 Å². The Morgan fingerprint density at radius 3 is 0.724 bits per heavy atom. The Balaban J connectivity index is 1.75. The van der Waals surface area contributed by atoms with Crippen LogP contribution in [0, 0.1) is 0 Å². The van der Waals surface area contributed by atoms with Gasteiger partial charge >= 0.3 is 178 Å². The summed E-state index contributed by atoms with van der Waals surface area (Å²) in [5, 5.41) is 4.94. The molecule has 145 valence electrons. The molecule has 0 aliphatic rings. The standard InChI is InChI=1S/4C7H7.V/c4*1-7-5-3-2-4-6-7;/h4*2-6H,1H2;. The summed E-state index contributed by atoms with van der Waals surface area (Å²) < 4.78 is 0. The molecule has 0 N–H and O–H groups in total. The van der Waals surface area contributed by atoms with Crippen molar-refractivity contribution in [3.63, 3.8) is 0 Å². The molecule has 0 spiro atoms. The fourth-order valence-electron chi connectivity index (χ4n) is 4.22. The first kappa shape index (κ1) is 19.8. The van der Waals surface area contributed by atoms with E-state index in [4.69, 9.17) is 0 Å². The molecule has 0 bridgehead atoms. The second kappa shape index (κ2) is 9.79. The summed E-state index contributed by atoms with van der Waals surface area (Å²) in [6, 6.07) is 44.5. The average molecular weight is 415 g/mol. The molecule has 1 heteroatoms. The monoisotopic (exact) mass is 415 g/mol. The van der Waals surface area contributed by atoms with Gasteiger partial charge in [0.05, 0.1) is 0 Å². The van der Waals surface area contributed by atoms with Gasteiger partial charge in [-0.2, -0.15) is 0 Å². The van der Waals surface area contributed by atoms with E-state index in [-0.39, 0.29) is 0 Å². The van der Waals surface area contributed by atoms with Gasteiger partial charge in [-0.3, -0.25) is 0 Å². The topological polar surface area (TPSA) is 0 Å². The van der Waals surface area contributed by atoms with Crippen LogP contribution in [0.4, 0.5) is 0 Å². The first-order valence-electron chi connectivity index (χ1n) is 10.3. The van der Waals surface area contributed by atoms with Crippen LogP contribution in [-0.4, -0.2) is 0 Å². The van der Waals surface area contributed by atoms with E-state index in [1.165, 1.54) is 42.8 Å². The van der Waals surface area contributed by atoms with Gasteiger partial charge < -0.3 is 0 Å². The molecular weight excluding hydrogens is 387 g/mol. The van der Waals surface area contributed by atoms with Crippen molar-refractivity contribution in [2.24, 2.45) is 0 Å². The summed E-state index contributed by atoms with van der Waals surface area (Å²) in [6.07, 6.45) is 0. The second-order valence-electron chi connectivity index (χ2n) is 7.92. The third-order valence-electron chi connectivity index (χ3n) is 5.44. The molecule has 0 nitrogen and oxygen atoms in total. The van der Waals surface area contributed by atoms with Crippen molar-refractivity contribution in [1.29, 1.82) is 0 Å². The van der Waals surface area contributed by atoms with Crippen LogP contribution in [0.5, 0.6) is 0 Å². The second-order valence-corrected chi connectivity index (χ2v) is 14.1. The molecule has 4 rings (SSSR count). The first-order chi connectivity index (χ1) is 14.3. The van der Waals surface area contributed by atoms with Crippen molar-refractivity contribution in [3.8, 4) is 0 Å². The molecule has 0 heterocycles. The van der Waals surface area contributed by atoms with Crippen molar-refractivity contribution in [3.05, 3.63) is 144 Å². The zero-order chi connectivity index (χ0) is 19.8. The van der Waals surface area contributed by atoms with Crippen LogP contribution in [0.25, 0.3) is 0 Å². The van der Waals surface area contributed by atoms with Gasteiger partial charge in [-0.25, -0.2) is 0 Å². The fraction of sp³-hybridized carbons (Fsp3) is 0.143. The number of hydrogen-bond donors (Lipinski definition) is 0. The van der Waals surface area contributed by atoms with E-state index in [1.807, 2.05) is 0 Å². The normalized spacial score (nSPS) is 11.3. The minimum atomic E-state index is -2.20. The van der Waals surface area contributed by atoms with E-state index in [0.29, 0.717) is 0 Å². The predicted molar refractivity (Wildman–Crippen MR) is 121 cm³/mol. The molecule has 0 unspecified atom stereocenters. The van der Waals surface area contributed by atoms with Gasteiger partial charge in [-0.1, -0.05) is 0 Å². The van der Waals surface area contributed by atoms with Crippen LogP contribution < -0.4 is 0 Å².